The van der Waals surface area contributed by atoms with Crippen LogP contribution in [0.4, 0.5) is 57.1 Å². The molecule has 1 unspecified atom stereocenters. The summed E-state index contributed by atoms with van der Waals surface area (Å²) >= 11 is 0. The molecule has 2 nitrogen and oxygen atoms in total. The first-order valence-electron chi connectivity index (χ1n) is 8.56. The normalized spacial score (nSPS) is 16.5. The fraction of sp³-hybridized carbons (Fsp3) is 0.611. The summed E-state index contributed by atoms with van der Waals surface area (Å²) < 4.78 is 178. The van der Waals surface area contributed by atoms with Crippen LogP contribution in [0.2, 0.25) is 0 Å². The smallest absolute Gasteiger partial charge is 0.374 e. The number of carbonyl (C=O) groups excluding carboxylic acids is 1. The van der Waals surface area contributed by atoms with E-state index in [1.165, 1.54) is 6.07 Å². The summed E-state index contributed by atoms with van der Waals surface area (Å²) in [5, 5.41) is 0. The second kappa shape index (κ2) is 8.31. The molecule has 1 rings (SSSR count). The predicted molar refractivity (Wildman–Crippen MR) is 86.2 cm³/mol. The van der Waals surface area contributed by atoms with Gasteiger partial charge in [-0.05, 0) is 19.4 Å². The van der Waals surface area contributed by atoms with E-state index in [-0.39, 0.29) is 0 Å². The maximum Gasteiger partial charge on any atom is 0.460 e. The van der Waals surface area contributed by atoms with E-state index in [0.717, 1.165) is 25.1 Å². The Hall–Kier alpha value is -2.06. The standard InChI is InChI=1S/C18H15F13O2/c1-9(32)10-6-4-5-7-11(10)12(2,33-3)8-13(19,20)14(21,22)15(23,24)16(25,26)17(27,28)18(29,30)31/h4-7H,8H2,1-3H3. The van der Waals surface area contributed by atoms with Crippen LogP contribution in [-0.2, 0) is 10.3 Å². The molecule has 190 valence electrons. The van der Waals surface area contributed by atoms with Crippen molar-refractivity contribution in [2.24, 2.45) is 0 Å². The maximum absolute atomic E-state index is 14.4. The Morgan fingerprint density at radius 1 is 0.758 bits per heavy atom. The number of hydrogen-bond donors (Lipinski definition) is 0. The topological polar surface area (TPSA) is 26.3 Å². The third-order valence-electron chi connectivity index (χ3n) is 4.88. The van der Waals surface area contributed by atoms with Gasteiger partial charge in [0.25, 0.3) is 0 Å². The largest absolute Gasteiger partial charge is 0.460 e. The van der Waals surface area contributed by atoms with Crippen molar-refractivity contribution in [3.05, 3.63) is 35.4 Å². The van der Waals surface area contributed by atoms with Crippen molar-refractivity contribution in [3.63, 3.8) is 0 Å². The van der Waals surface area contributed by atoms with Crippen molar-refractivity contribution in [1.29, 1.82) is 0 Å². The summed E-state index contributed by atoms with van der Waals surface area (Å²) in [6.07, 6.45) is -10.1. The Bertz CT molecular complexity index is 876. The number of ketones is 1. The number of Topliss-reactive ketones (excluding diaryl/α,β-unsaturated/α-hetero) is 1. The van der Waals surface area contributed by atoms with E-state index in [2.05, 4.69) is 4.74 Å². The molecule has 0 saturated heterocycles. The van der Waals surface area contributed by atoms with Gasteiger partial charge in [0.05, 0.1) is 12.0 Å². The summed E-state index contributed by atoms with van der Waals surface area (Å²) in [4.78, 5) is 11.7. The summed E-state index contributed by atoms with van der Waals surface area (Å²) in [6, 6.07) is 4.15. The lowest BCUT2D eigenvalue weighted by atomic mass is 9.82. The van der Waals surface area contributed by atoms with Crippen LogP contribution in [0.1, 0.15) is 36.2 Å². The molecule has 0 bridgehead atoms. The molecule has 15 heteroatoms. The first-order valence-corrected chi connectivity index (χ1v) is 8.56. The fourth-order valence-corrected chi connectivity index (χ4v) is 2.87. The molecule has 0 radical (unpaired) electrons. The van der Waals surface area contributed by atoms with Gasteiger partial charge in [-0.1, -0.05) is 24.3 Å². The maximum atomic E-state index is 14.4. The lowest BCUT2D eigenvalue weighted by Crippen LogP contribution is -2.70. The van der Waals surface area contributed by atoms with Crippen molar-refractivity contribution < 1.29 is 66.6 Å². The molecule has 0 spiro atoms. The first-order chi connectivity index (χ1) is 14.4. The van der Waals surface area contributed by atoms with Crippen LogP contribution in [0.3, 0.4) is 0 Å². The molecular formula is C18H15F13O2. The van der Waals surface area contributed by atoms with Gasteiger partial charge in [-0.15, -0.1) is 0 Å². The van der Waals surface area contributed by atoms with Crippen LogP contribution >= 0.6 is 0 Å². The number of methoxy groups -OCH3 is 1. The van der Waals surface area contributed by atoms with Gasteiger partial charge in [0.1, 0.15) is 0 Å². The number of hydrogen-bond acceptors (Lipinski definition) is 2. The SMILES string of the molecule is COC(C)(CC(F)(F)C(F)(F)C(F)(F)C(F)(F)C(F)(F)C(F)(F)F)c1ccccc1C(C)=O. The van der Waals surface area contributed by atoms with Gasteiger partial charge in [0.15, 0.2) is 5.78 Å². The van der Waals surface area contributed by atoms with Gasteiger partial charge >= 0.3 is 35.8 Å². The van der Waals surface area contributed by atoms with Crippen LogP contribution in [-0.4, -0.2) is 48.7 Å². The second-order valence-electron chi connectivity index (χ2n) is 7.21. The minimum atomic E-state index is -7.98. The minimum absolute atomic E-state index is 0.429. The second-order valence-corrected chi connectivity index (χ2v) is 7.21. The molecule has 1 atom stereocenters. The lowest BCUT2D eigenvalue weighted by Gasteiger charge is -2.42. The highest BCUT2D eigenvalue weighted by atomic mass is 19.4. The van der Waals surface area contributed by atoms with E-state index in [9.17, 15) is 61.9 Å². The van der Waals surface area contributed by atoms with Crippen LogP contribution in [0.5, 0.6) is 0 Å². The molecule has 0 aliphatic carbocycles. The van der Waals surface area contributed by atoms with Crippen molar-refractivity contribution in [3.8, 4) is 0 Å². The molecule has 0 saturated carbocycles. The molecule has 0 aliphatic heterocycles. The Kier molecular flexibility index (Phi) is 7.29. The molecule has 0 aromatic heterocycles. The molecule has 33 heavy (non-hydrogen) atoms. The van der Waals surface area contributed by atoms with Gasteiger partial charge < -0.3 is 4.74 Å². The Balaban J connectivity index is 3.62. The summed E-state index contributed by atoms with van der Waals surface area (Å²) in [7, 11) is 0.593. The first kappa shape index (κ1) is 29.0. The average molecular weight is 510 g/mol. The van der Waals surface area contributed by atoms with Crippen LogP contribution in [0, 0.1) is 0 Å². The molecule has 1 aromatic rings. The third kappa shape index (κ3) is 4.39. The van der Waals surface area contributed by atoms with Crippen LogP contribution < -0.4 is 0 Å². The zero-order valence-corrected chi connectivity index (χ0v) is 16.7. The summed E-state index contributed by atoms with van der Waals surface area (Å²) in [5.74, 6) is -38.3. The predicted octanol–water partition coefficient (Wildman–Crippen LogP) is 6.88. The molecule has 1 aromatic carbocycles. The number of carbonyl (C=O) groups is 1. The van der Waals surface area contributed by atoms with E-state index in [0.29, 0.717) is 14.0 Å². The summed E-state index contributed by atoms with van der Waals surface area (Å²) in [5.41, 5.74) is -3.81. The van der Waals surface area contributed by atoms with Gasteiger partial charge in [0.2, 0.25) is 0 Å². The number of benzene rings is 1. The van der Waals surface area contributed by atoms with E-state index >= 15 is 0 Å². The highest BCUT2D eigenvalue weighted by Crippen LogP contribution is 2.61. The molecule has 0 N–H and O–H groups in total. The van der Waals surface area contributed by atoms with Crippen molar-refractivity contribution in [1.82, 2.24) is 0 Å². The zero-order valence-electron chi connectivity index (χ0n) is 16.7. The Morgan fingerprint density at radius 3 is 1.58 bits per heavy atom. The number of alkyl halides is 13. The third-order valence-corrected chi connectivity index (χ3v) is 4.88. The number of rotatable bonds is 9. The minimum Gasteiger partial charge on any atom is -0.374 e. The lowest BCUT2D eigenvalue weighted by molar-refractivity contribution is -0.441. The van der Waals surface area contributed by atoms with E-state index < -0.39 is 64.7 Å². The van der Waals surface area contributed by atoms with Crippen molar-refractivity contribution in [2.75, 3.05) is 7.11 Å². The Labute approximate surface area is 177 Å². The Morgan fingerprint density at radius 2 is 1.18 bits per heavy atom. The van der Waals surface area contributed by atoms with E-state index in [1.54, 1.807) is 0 Å². The monoisotopic (exact) mass is 510 g/mol. The van der Waals surface area contributed by atoms with Gasteiger partial charge in [-0.3, -0.25) is 4.79 Å². The van der Waals surface area contributed by atoms with E-state index in [1.807, 2.05) is 0 Å². The van der Waals surface area contributed by atoms with Crippen molar-refractivity contribution >= 4 is 5.78 Å². The molecule has 0 amide bonds. The number of ether oxygens (including phenoxy) is 1. The molecule has 0 fully saturated rings. The van der Waals surface area contributed by atoms with Gasteiger partial charge in [-0.25, -0.2) is 0 Å². The molecule has 0 aliphatic rings. The van der Waals surface area contributed by atoms with Gasteiger partial charge in [0, 0.05) is 12.7 Å². The quantitative estimate of drug-likeness (QED) is 0.268. The van der Waals surface area contributed by atoms with Crippen molar-refractivity contribution in [2.45, 2.75) is 61.7 Å². The summed E-state index contributed by atoms with van der Waals surface area (Å²) in [6.45, 7) is 1.47. The molecular weight excluding hydrogens is 495 g/mol. The highest BCUT2D eigenvalue weighted by Gasteiger charge is 2.90. The highest BCUT2D eigenvalue weighted by molar-refractivity contribution is 5.95. The average Bonchev–Trinajstić information content (AvgIpc) is 2.65. The van der Waals surface area contributed by atoms with Crippen LogP contribution in [0.25, 0.3) is 0 Å². The van der Waals surface area contributed by atoms with Crippen LogP contribution in [0.15, 0.2) is 24.3 Å². The number of halogens is 13. The fourth-order valence-electron chi connectivity index (χ4n) is 2.87. The molecule has 0 heterocycles. The zero-order chi connectivity index (χ0) is 26.5. The van der Waals surface area contributed by atoms with E-state index in [4.69, 9.17) is 0 Å². The van der Waals surface area contributed by atoms with Gasteiger partial charge in [-0.2, -0.15) is 57.1 Å².